The molecule has 2 rings (SSSR count). The fourth-order valence-corrected chi connectivity index (χ4v) is 3.00. The molecule has 0 aliphatic heterocycles. The van der Waals surface area contributed by atoms with Gasteiger partial charge in [-0.25, -0.2) is 4.98 Å². The van der Waals surface area contributed by atoms with Gasteiger partial charge in [0.15, 0.2) is 5.13 Å². The van der Waals surface area contributed by atoms with Crippen LogP contribution in [0.15, 0.2) is 5.38 Å². The fraction of sp³-hybridized carbons (Fsp3) is 0.667. The van der Waals surface area contributed by atoms with Crippen LogP contribution in [0.4, 0.5) is 5.13 Å². The Labute approximate surface area is 118 Å². The molecular weight excluding hydrogens is 270 g/mol. The number of nitrogens with zero attached hydrogens (tertiary/aromatic N) is 1. The molecule has 102 valence electrons. The Balaban J connectivity index is 0.00000162. The number of anilines is 1. The number of carbonyl (C=O) groups excluding carboxylic acids is 1. The standard InChI is InChI=1S/C12H19N3OS.ClH/c1-7(2)10-6-17-12(14-10)15-11(16)8-4-3-5-9(8)13;/h6-9H,3-5,13H2,1-2H3,(H,14,15,16);1H. The third-order valence-electron chi connectivity index (χ3n) is 3.25. The van der Waals surface area contributed by atoms with Crippen molar-refractivity contribution in [3.05, 3.63) is 11.1 Å². The lowest BCUT2D eigenvalue weighted by Gasteiger charge is -2.13. The molecule has 2 unspecified atom stereocenters. The summed E-state index contributed by atoms with van der Waals surface area (Å²) in [6, 6.07) is 0.0135. The van der Waals surface area contributed by atoms with Gasteiger partial charge in [0, 0.05) is 11.4 Å². The van der Waals surface area contributed by atoms with E-state index in [0.717, 1.165) is 25.0 Å². The van der Waals surface area contributed by atoms with Crippen LogP contribution in [-0.2, 0) is 4.79 Å². The van der Waals surface area contributed by atoms with Crippen molar-refractivity contribution in [3.63, 3.8) is 0 Å². The molecule has 0 radical (unpaired) electrons. The predicted octanol–water partition coefficient (Wildman–Crippen LogP) is 2.75. The molecule has 1 aromatic heterocycles. The van der Waals surface area contributed by atoms with E-state index in [-0.39, 0.29) is 30.3 Å². The first-order chi connectivity index (χ1) is 8.08. The molecule has 2 atom stereocenters. The Morgan fingerprint density at radius 1 is 1.56 bits per heavy atom. The second-order valence-corrected chi connectivity index (χ2v) is 5.78. The van der Waals surface area contributed by atoms with Gasteiger partial charge in [-0.15, -0.1) is 23.7 Å². The first-order valence-electron chi connectivity index (χ1n) is 6.10. The molecule has 0 bridgehead atoms. The van der Waals surface area contributed by atoms with E-state index < -0.39 is 0 Å². The Morgan fingerprint density at radius 3 is 2.78 bits per heavy atom. The summed E-state index contributed by atoms with van der Waals surface area (Å²) in [5.74, 6) is 0.381. The molecule has 6 heteroatoms. The first kappa shape index (κ1) is 15.4. The maximum atomic E-state index is 12.0. The molecule has 1 aliphatic rings. The molecule has 18 heavy (non-hydrogen) atoms. The number of halogens is 1. The van der Waals surface area contributed by atoms with Gasteiger partial charge < -0.3 is 11.1 Å². The third-order valence-corrected chi connectivity index (χ3v) is 4.03. The molecule has 1 heterocycles. The van der Waals surface area contributed by atoms with Gasteiger partial charge >= 0.3 is 0 Å². The van der Waals surface area contributed by atoms with Crippen molar-refractivity contribution >= 4 is 34.8 Å². The van der Waals surface area contributed by atoms with Gasteiger partial charge in [0.2, 0.25) is 5.91 Å². The zero-order valence-corrected chi connectivity index (χ0v) is 12.3. The number of nitrogens with one attached hydrogen (secondary N) is 1. The maximum Gasteiger partial charge on any atom is 0.230 e. The van der Waals surface area contributed by atoms with E-state index in [4.69, 9.17) is 5.73 Å². The van der Waals surface area contributed by atoms with Gasteiger partial charge in [0.05, 0.1) is 11.6 Å². The van der Waals surface area contributed by atoms with Crippen LogP contribution in [0.1, 0.15) is 44.7 Å². The van der Waals surface area contributed by atoms with Crippen LogP contribution >= 0.6 is 23.7 Å². The summed E-state index contributed by atoms with van der Waals surface area (Å²) < 4.78 is 0. The largest absolute Gasteiger partial charge is 0.327 e. The summed E-state index contributed by atoms with van der Waals surface area (Å²) in [5, 5.41) is 5.57. The number of nitrogens with two attached hydrogens (primary N) is 1. The number of carbonyl (C=O) groups is 1. The van der Waals surface area contributed by atoms with E-state index in [2.05, 4.69) is 24.1 Å². The molecule has 3 N–H and O–H groups in total. The van der Waals surface area contributed by atoms with E-state index in [1.54, 1.807) is 0 Å². The van der Waals surface area contributed by atoms with Gasteiger partial charge in [-0.2, -0.15) is 0 Å². The van der Waals surface area contributed by atoms with Crippen molar-refractivity contribution in [2.75, 3.05) is 5.32 Å². The van der Waals surface area contributed by atoms with E-state index >= 15 is 0 Å². The van der Waals surface area contributed by atoms with E-state index in [9.17, 15) is 4.79 Å². The van der Waals surface area contributed by atoms with Crippen LogP contribution in [0.2, 0.25) is 0 Å². The zero-order chi connectivity index (χ0) is 12.4. The minimum absolute atomic E-state index is 0. The summed E-state index contributed by atoms with van der Waals surface area (Å²) in [7, 11) is 0. The summed E-state index contributed by atoms with van der Waals surface area (Å²) >= 11 is 1.48. The molecule has 1 aliphatic carbocycles. The number of hydrogen-bond acceptors (Lipinski definition) is 4. The molecule has 1 aromatic rings. The Hall–Kier alpha value is -0.650. The molecule has 0 aromatic carbocycles. The summed E-state index contributed by atoms with van der Waals surface area (Å²) in [6.07, 6.45) is 2.90. The van der Waals surface area contributed by atoms with Gasteiger partial charge in [0.1, 0.15) is 0 Å². The Morgan fingerprint density at radius 2 is 2.28 bits per heavy atom. The fourth-order valence-electron chi connectivity index (χ4n) is 2.12. The molecule has 0 saturated heterocycles. The lowest BCUT2D eigenvalue weighted by molar-refractivity contribution is -0.120. The lowest BCUT2D eigenvalue weighted by Crippen LogP contribution is -2.34. The van der Waals surface area contributed by atoms with Crippen LogP contribution in [0.25, 0.3) is 0 Å². The van der Waals surface area contributed by atoms with Crippen LogP contribution in [0.3, 0.4) is 0 Å². The van der Waals surface area contributed by atoms with Gasteiger partial charge in [-0.05, 0) is 18.8 Å². The quantitative estimate of drug-likeness (QED) is 0.899. The average Bonchev–Trinajstić information content (AvgIpc) is 2.86. The van der Waals surface area contributed by atoms with E-state index in [1.807, 2.05) is 5.38 Å². The number of rotatable bonds is 3. The minimum Gasteiger partial charge on any atom is -0.327 e. The van der Waals surface area contributed by atoms with Crippen molar-refractivity contribution in [2.45, 2.75) is 45.1 Å². The SMILES string of the molecule is CC(C)c1csc(NC(=O)C2CCCC2N)n1.Cl. The van der Waals surface area contributed by atoms with E-state index in [1.165, 1.54) is 11.3 Å². The average molecular weight is 290 g/mol. The van der Waals surface area contributed by atoms with E-state index in [0.29, 0.717) is 11.0 Å². The van der Waals surface area contributed by atoms with Crippen LogP contribution in [0.5, 0.6) is 0 Å². The van der Waals surface area contributed by atoms with Gasteiger partial charge in [0.25, 0.3) is 0 Å². The highest BCUT2D eigenvalue weighted by Crippen LogP contribution is 2.27. The van der Waals surface area contributed by atoms with Crippen LogP contribution < -0.4 is 11.1 Å². The zero-order valence-electron chi connectivity index (χ0n) is 10.7. The lowest BCUT2D eigenvalue weighted by atomic mass is 10.0. The minimum atomic E-state index is -0.0404. The third kappa shape index (κ3) is 3.43. The number of thiazole rings is 1. The summed E-state index contributed by atoms with van der Waals surface area (Å²) in [5.41, 5.74) is 6.94. The highest BCUT2D eigenvalue weighted by atomic mass is 35.5. The van der Waals surface area contributed by atoms with Crippen molar-refractivity contribution in [1.82, 2.24) is 4.98 Å². The summed E-state index contributed by atoms with van der Waals surface area (Å²) in [4.78, 5) is 16.4. The van der Waals surface area contributed by atoms with Crippen molar-refractivity contribution in [1.29, 1.82) is 0 Å². The monoisotopic (exact) mass is 289 g/mol. The topological polar surface area (TPSA) is 68.0 Å². The highest BCUT2D eigenvalue weighted by molar-refractivity contribution is 7.13. The second kappa shape index (κ2) is 6.50. The molecular formula is C12H20ClN3OS. The molecule has 1 fully saturated rings. The van der Waals surface area contributed by atoms with Gasteiger partial charge in [-0.3, -0.25) is 4.79 Å². The Bertz CT molecular complexity index is 408. The van der Waals surface area contributed by atoms with Crippen LogP contribution in [-0.4, -0.2) is 16.9 Å². The first-order valence-corrected chi connectivity index (χ1v) is 6.97. The smallest absolute Gasteiger partial charge is 0.230 e. The van der Waals surface area contributed by atoms with Crippen molar-refractivity contribution < 1.29 is 4.79 Å². The Kier molecular flexibility index (Phi) is 5.56. The maximum absolute atomic E-state index is 12.0. The number of amides is 1. The molecule has 4 nitrogen and oxygen atoms in total. The van der Waals surface area contributed by atoms with Crippen molar-refractivity contribution in [2.24, 2.45) is 11.7 Å². The van der Waals surface area contributed by atoms with Crippen molar-refractivity contribution in [3.8, 4) is 0 Å². The molecule has 1 saturated carbocycles. The highest BCUT2D eigenvalue weighted by Gasteiger charge is 2.30. The number of aromatic nitrogens is 1. The molecule has 0 spiro atoms. The number of hydrogen-bond donors (Lipinski definition) is 2. The normalized spacial score (nSPS) is 22.9. The van der Waals surface area contributed by atoms with Crippen LogP contribution in [0, 0.1) is 5.92 Å². The summed E-state index contributed by atoms with van der Waals surface area (Å²) in [6.45, 7) is 4.18. The predicted molar refractivity (Wildman–Crippen MR) is 77.4 cm³/mol. The molecule has 1 amide bonds. The second-order valence-electron chi connectivity index (χ2n) is 4.92. The van der Waals surface area contributed by atoms with Gasteiger partial charge in [-0.1, -0.05) is 20.3 Å².